The number of ether oxygens (including phenoxy) is 3. The molecule has 1 saturated heterocycles. The highest BCUT2D eigenvalue weighted by atomic mass is 35.5. The summed E-state index contributed by atoms with van der Waals surface area (Å²) in [5.41, 5.74) is 0. The van der Waals surface area contributed by atoms with E-state index in [1.54, 1.807) is 18.2 Å². The lowest BCUT2D eigenvalue weighted by atomic mass is 10.2. The number of hydrogen-bond acceptors (Lipinski definition) is 4. The summed E-state index contributed by atoms with van der Waals surface area (Å²) in [5, 5.41) is 1.02. The second-order valence-electron chi connectivity index (χ2n) is 5.55. The molecule has 6 heteroatoms. The van der Waals surface area contributed by atoms with Crippen LogP contribution in [0.2, 0.25) is 10.0 Å². The maximum absolute atomic E-state index is 5.93. The number of nitrogens with zero attached hydrogens (tertiary/aromatic N) is 1. The van der Waals surface area contributed by atoms with Gasteiger partial charge in [0.25, 0.3) is 0 Å². The van der Waals surface area contributed by atoms with E-state index in [9.17, 15) is 0 Å². The summed E-state index contributed by atoms with van der Waals surface area (Å²) in [6.45, 7) is 8.81. The fourth-order valence-corrected chi connectivity index (χ4v) is 2.84. The van der Waals surface area contributed by atoms with Crippen LogP contribution < -0.4 is 4.74 Å². The molecule has 0 aliphatic carbocycles. The summed E-state index contributed by atoms with van der Waals surface area (Å²) < 4.78 is 16.9. The first-order chi connectivity index (χ1) is 10.5. The van der Waals surface area contributed by atoms with Crippen molar-refractivity contribution >= 4 is 23.2 Å². The molecule has 0 aromatic heterocycles. The molecule has 1 aliphatic rings. The van der Waals surface area contributed by atoms with Crippen LogP contribution in [-0.2, 0) is 9.47 Å². The van der Waals surface area contributed by atoms with Gasteiger partial charge in [0, 0.05) is 25.7 Å². The third-order valence-corrected chi connectivity index (χ3v) is 4.17. The van der Waals surface area contributed by atoms with Gasteiger partial charge in [-0.05, 0) is 26.0 Å². The van der Waals surface area contributed by atoms with Crippen LogP contribution >= 0.6 is 23.2 Å². The minimum atomic E-state index is 0.293. The monoisotopic (exact) mass is 347 g/mol. The Bertz CT molecular complexity index is 463. The summed E-state index contributed by atoms with van der Waals surface area (Å²) in [7, 11) is 0. The number of morpholine rings is 1. The Hall–Kier alpha value is -0.520. The lowest BCUT2D eigenvalue weighted by Crippen LogP contribution is -2.46. The van der Waals surface area contributed by atoms with E-state index in [0.29, 0.717) is 47.8 Å². The van der Waals surface area contributed by atoms with Crippen molar-refractivity contribution in [2.75, 3.05) is 39.5 Å². The molecular formula is C16H23Cl2NO3. The number of halogens is 2. The van der Waals surface area contributed by atoms with Crippen LogP contribution in [0.25, 0.3) is 0 Å². The SMILES string of the molecule is C[C@H]1CN(CCOCCOc2ccc(Cl)c(Cl)c2)C[C@H](C)O1. The van der Waals surface area contributed by atoms with E-state index in [1.165, 1.54) is 0 Å². The predicted octanol–water partition coefficient (Wildman–Crippen LogP) is 3.50. The van der Waals surface area contributed by atoms with Crippen molar-refractivity contribution in [1.82, 2.24) is 4.90 Å². The van der Waals surface area contributed by atoms with E-state index < -0.39 is 0 Å². The second-order valence-corrected chi connectivity index (χ2v) is 6.37. The molecule has 1 aromatic carbocycles. The largest absolute Gasteiger partial charge is 0.491 e. The molecule has 0 unspecified atom stereocenters. The van der Waals surface area contributed by atoms with Gasteiger partial charge in [-0.3, -0.25) is 4.90 Å². The molecule has 0 saturated carbocycles. The molecule has 0 spiro atoms. The lowest BCUT2D eigenvalue weighted by molar-refractivity contribution is -0.0734. The van der Waals surface area contributed by atoms with Gasteiger partial charge < -0.3 is 14.2 Å². The van der Waals surface area contributed by atoms with Crippen LogP contribution in [-0.4, -0.2) is 56.6 Å². The fourth-order valence-electron chi connectivity index (χ4n) is 2.55. The zero-order valence-corrected chi connectivity index (χ0v) is 14.6. The van der Waals surface area contributed by atoms with Gasteiger partial charge >= 0.3 is 0 Å². The maximum atomic E-state index is 5.93. The average Bonchev–Trinajstić information content (AvgIpc) is 2.45. The molecule has 22 heavy (non-hydrogen) atoms. The molecule has 1 aliphatic heterocycles. The molecule has 1 fully saturated rings. The molecular weight excluding hydrogens is 325 g/mol. The first-order valence-electron chi connectivity index (χ1n) is 7.58. The Morgan fingerprint density at radius 1 is 1.09 bits per heavy atom. The van der Waals surface area contributed by atoms with E-state index >= 15 is 0 Å². The van der Waals surface area contributed by atoms with Crippen LogP contribution in [0.4, 0.5) is 0 Å². The van der Waals surface area contributed by atoms with Crippen LogP contribution in [0.1, 0.15) is 13.8 Å². The number of rotatable bonds is 7. The topological polar surface area (TPSA) is 30.9 Å². The molecule has 4 nitrogen and oxygen atoms in total. The predicted molar refractivity (Wildman–Crippen MR) is 89.2 cm³/mol. The maximum Gasteiger partial charge on any atom is 0.121 e. The molecule has 0 N–H and O–H groups in total. The molecule has 2 atom stereocenters. The lowest BCUT2D eigenvalue weighted by Gasteiger charge is -2.35. The summed E-state index contributed by atoms with van der Waals surface area (Å²) in [4.78, 5) is 2.37. The highest BCUT2D eigenvalue weighted by molar-refractivity contribution is 6.42. The van der Waals surface area contributed by atoms with Crippen LogP contribution in [0, 0.1) is 0 Å². The van der Waals surface area contributed by atoms with Crippen molar-refractivity contribution in [3.05, 3.63) is 28.2 Å². The van der Waals surface area contributed by atoms with E-state index in [-0.39, 0.29) is 0 Å². The van der Waals surface area contributed by atoms with E-state index in [2.05, 4.69) is 18.7 Å². The third-order valence-electron chi connectivity index (χ3n) is 3.43. The Morgan fingerprint density at radius 3 is 2.50 bits per heavy atom. The van der Waals surface area contributed by atoms with Gasteiger partial charge in [0.05, 0.1) is 35.5 Å². The number of benzene rings is 1. The molecule has 2 rings (SSSR count). The first-order valence-corrected chi connectivity index (χ1v) is 8.33. The number of hydrogen-bond donors (Lipinski definition) is 0. The van der Waals surface area contributed by atoms with Crippen molar-refractivity contribution < 1.29 is 14.2 Å². The molecule has 1 aromatic rings. The Labute approximate surface area is 142 Å². The Kier molecular flexibility index (Phi) is 7.25. The third kappa shape index (κ3) is 5.94. The van der Waals surface area contributed by atoms with Crippen LogP contribution in [0.15, 0.2) is 18.2 Å². The van der Waals surface area contributed by atoms with Crippen LogP contribution in [0.3, 0.4) is 0 Å². The van der Waals surface area contributed by atoms with Crippen molar-refractivity contribution in [1.29, 1.82) is 0 Å². The first kappa shape index (κ1) is 17.8. The fraction of sp³-hybridized carbons (Fsp3) is 0.625. The Balaban J connectivity index is 1.56. The zero-order chi connectivity index (χ0) is 15.9. The zero-order valence-electron chi connectivity index (χ0n) is 13.1. The quantitative estimate of drug-likeness (QED) is 0.706. The second kappa shape index (κ2) is 8.94. The molecule has 0 amide bonds. The van der Waals surface area contributed by atoms with Gasteiger partial charge in [0.15, 0.2) is 0 Å². The molecule has 1 heterocycles. The summed E-state index contributed by atoms with van der Waals surface area (Å²) >= 11 is 11.8. The molecule has 0 bridgehead atoms. The summed E-state index contributed by atoms with van der Waals surface area (Å²) in [6.07, 6.45) is 0.587. The van der Waals surface area contributed by atoms with E-state index in [4.69, 9.17) is 37.4 Å². The van der Waals surface area contributed by atoms with E-state index in [1.807, 2.05) is 0 Å². The van der Waals surface area contributed by atoms with E-state index in [0.717, 1.165) is 19.6 Å². The van der Waals surface area contributed by atoms with Crippen LogP contribution in [0.5, 0.6) is 5.75 Å². The van der Waals surface area contributed by atoms with Crippen molar-refractivity contribution in [2.45, 2.75) is 26.1 Å². The van der Waals surface area contributed by atoms with Gasteiger partial charge in [-0.25, -0.2) is 0 Å². The standard InChI is InChI=1S/C16H23Cl2NO3/c1-12-10-19(11-13(2)22-12)5-6-20-7-8-21-14-3-4-15(17)16(18)9-14/h3-4,9,12-13H,5-8,10-11H2,1-2H3/t12-,13-/m0/s1. The Morgan fingerprint density at radius 2 is 1.82 bits per heavy atom. The van der Waals surface area contributed by atoms with Gasteiger partial charge in [-0.1, -0.05) is 23.2 Å². The highest BCUT2D eigenvalue weighted by Crippen LogP contribution is 2.26. The van der Waals surface area contributed by atoms with Gasteiger partial charge in [-0.15, -0.1) is 0 Å². The summed E-state index contributed by atoms with van der Waals surface area (Å²) in [6, 6.07) is 5.23. The minimum absolute atomic E-state index is 0.293. The van der Waals surface area contributed by atoms with Crippen molar-refractivity contribution in [2.24, 2.45) is 0 Å². The van der Waals surface area contributed by atoms with Gasteiger partial charge in [0.1, 0.15) is 12.4 Å². The molecule has 124 valence electrons. The molecule has 0 radical (unpaired) electrons. The highest BCUT2D eigenvalue weighted by Gasteiger charge is 2.21. The minimum Gasteiger partial charge on any atom is -0.491 e. The average molecular weight is 348 g/mol. The van der Waals surface area contributed by atoms with Crippen molar-refractivity contribution in [3.8, 4) is 5.75 Å². The smallest absolute Gasteiger partial charge is 0.121 e. The normalized spacial score (nSPS) is 22.7. The van der Waals surface area contributed by atoms with Gasteiger partial charge in [-0.2, -0.15) is 0 Å². The van der Waals surface area contributed by atoms with Gasteiger partial charge in [0.2, 0.25) is 0 Å². The van der Waals surface area contributed by atoms with Crippen molar-refractivity contribution in [3.63, 3.8) is 0 Å². The summed E-state index contributed by atoms with van der Waals surface area (Å²) in [5.74, 6) is 0.703.